The predicted molar refractivity (Wildman–Crippen MR) is 120 cm³/mol. The van der Waals surface area contributed by atoms with Gasteiger partial charge < -0.3 is 10.6 Å². The Bertz CT molecular complexity index is 1020. The number of hydrogen-bond donors (Lipinski definition) is 3. The summed E-state index contributed by atoms with van der Waals surface area (Å²) in [4.78, 5) is 16.5. The maximum atomic E-state index is 11.9. The number of anilines is 2. The molecule has 0 spiro atoms. The number of carbonyl (C=O) groups is 1. The van der Waals surface area contributed by atoms with Crippen LogP contribution in [0.25, 0.3) is 10.9 Å². The molecule has 0 saturated heterocycles. The third kappa shape index (κ3) is 4.32. The van der Waals surface area contributed by atoms with E-state index in [4.69, 9.17) is 0 Å². The molecule has 5 rings (SSSR count). The molecule has 2 heterocycles. The Hall–Kier alpha value is -2.89. The molecule has 2 fully saturated rings. The summed E-state index contributed by atoms with van der Waals surface area (Å²) < 4.78 is 0. The van der Waals surface area contributed by atoms with Crippen molar-refractivity contribution in [3.63, 3.8) is 0 Å². The van der Waals surface area contributed by atoms with Gasteiger partial charge in [-0.05, 0) is 62.3 Å². The van der Waals surface area contributed by atoms with Crippen molar-refractivity contribution < 1.29 is 4.79 Å². The molecule has 3 aromatic rings. The average Bonchev–Trinajstić information content (AvgIpc) is 3.55. The Morgan fingerprint density at radius 3 is 2.57 bits per heavy atom. The van der Waals surface area contributed by atoms with Crippen molar-refractivity contribution in [2.45, 2.75) is 63.8 Å². The molecule has 1 aromatic carbocycles. The highest BCUT2D eigenvalue weighted by Crippen LogP contribution is 2.30. The molecule has 1 amide bonds. The molecule has 0 aliphatic heterocycles. The third-order valence-corrected chi connectivity index (χ3v) is 6.32. The SMILES string of the molecule is O=C(Nc1ccc(CCc2n[nH]c3ccnc(NC4CCCCC4)c23)cc1)C1CC1. The lowest BCUT2D eigenvalue weighted by atomic mass is 9.95. The first-order valence-electron chi connectivity index (χ1n) is 11.2. The number of aryl methyl sites for hydroxylation is 2. The molecule has 156 valence electrons. The number of H-pyrrole nitrogens is 1. The molecule has 0 atom stereocenters. The zero-order valence-corrected chi connectivity index (χ0v) is 17.3. The number of fused-ring (bicyclic) bond motifs is 1. The van der Waals surface area contributed by atoms with Gasteiger partial charge in [-0.3, -0.25) is 9.89 Å². The van der Waals surface area contributed by atoms with Crippen LogP contribution in [0.15, 0.2) is 36.5 Å². The summed E-state index contributed by atoms with van der Waals surface area (Å²) in [5.41, 5.74) is 4.21. The minimum atomic E-state index is 0.149. The Kier molecular flexibility index (Phi) is 5.39. The summed E-state index contributed by atoms with van der Waals surface area (Å²) in [6.45, 7) is 0. The lowest BCUT2D eigenvalue weighted by Crippen LogP contribution is -2.23. The number of rotatable bonds is 7. The quantitative estimate of drug-likeness (QED) is 0.527. The number of nitrogens with zero attached hydrogens (tertiary/aromatic N) is 2. The van der Waals surface area contributed by atoms with E-state index in [0.29, 0.717) is 6.04 Å². The van der Waals surface area contributed by atoms with Crippen molar-refractivity contribution in [3.8, 4) is 0 Å². The zero-order chi connectivity index (χ0) is 20.3. The van der Waals surface area contributed by atoms with Crippen LogP contribution in [0.3, 0.4) is 0 Å². The van der Waals surface area contributed by atoms with Crippen molar-refractivity contribution in [2.24, 2.45) is 5.92 Å². The molecule has 0 unspecified atom stereocenters. The molecule has 2 aromatic heterocycles. The van der Waals surface area contributed by atoms with Gasteiger partial charge in [0.15, 0.2) is 0 Å². The zero-order valence-electron chi connectivity index (χ0n) is 17.3. The molecule has 2 aliphatic carbocycles. The van der Waals surface area contributed by atoms with E-state index in [0.717, 1.165) is 53.8 Å². The van der Waals surface area contributed by atoms with Crippen LogP contribution in [0.1, 0.15) is 56.2 Å². The number of amides is 1. The smallest absolute Gasteiger partial charge is 0.227 e. The molecule has 3 N–H and O–H groups in total. The third-order valence-electron chi connectivity index (χ3n) is 6.32. The largest absolute Gasteiger partial charge is 0.367 e. The molecule has 30 heavy (non-hydrogen) atoms. The number of benzene rings is 1. The van der Waals surface area contributed by atoms with Crippen LogP contribution >= 0.6 is 0 Å². The number of nitrogens with one attached hydrogen (secondary N) is 3. The molecule has 0 bridgehead atoms. The first kappa shape index (κ1) is 19.1. The first-order chi connectivity index (χ1) is 14.8. The van der Waals surface area contributed by atoms with Crippen LogP contribution in [0.2, 0.25) is 0 Å². The minimum Gasteiger partial charge on any atom is -0.367 e. The van der Waals surface area contributed by atoms with Crippen molar-refractivity contribution in [2.75, 3.05) is 10.6 Å². The highest BCUT2D eigenvalue weighted by molar-refractivity contribution is 5.94. The van der Waals surface area contributed by atoms with Crippen LogP contribution in [0.4, 0.5) is 11.5 Å². The second-order valence-corrected chi connectivity index (χ2v) is 8.69. The Balaban J connectivity index is 1.26. The topological polar surface area (TPSA) is 82.7 Å². The van der Waals surface area contributed by atoms with Crippen LogP contribution in [-0.4, -0.2) is 27.1 Å². The van der Waals surface area contributed by atoms with Crippen molar-refractivity contribution in [3.05, 3.63) is 47.8 Å². The van der Waals surface area contributed by atoms with Crippen LogP contribution < -0.4 is 10.6 Å². The Labute approximate surface area is 176 Å². The highest BCUT2D eigenvalue weighted by Gasteiger charge is 2.29. The van der Waals surface area contributed by atoms with E-state index in [1.54, 1.807) is 0 Å². The molecular weight excluding hydrogens is 374 g/mol. The lowest BCUT2D eigenvalue weighted by molar-refractivity contribution is -0.117. The van der Waals surface area contributed by atoms with Gasteiger partial charge in [-0.15, -0.1) is 0 Å². The Morgan fingerprint density at radius 1 is 1.00 bits per heavy atom. The summed E-state index contributed by atoms with van der Waals surface area (Å²) >= 11 is 0. The van der Waals surface area contributed by atoms with Gasteiger partial charge in [0.1, 0.15) is 5.82 Å². The van der Waals surface area contributed by atoms with E-state index >= 15 is 0 Å². The fourth-order valence-electron chi connectivity index (χ4n) is 4.37. The normalized spacial score (nSPS) is 17.2. The van der Waals surface area contributed by atoms with Crippen LogP contribution in [0.5, 0.6) is 0 Å². The molecule has 2 aliphatic rings. The van der Waals surface area contributed by atoms with Gasteiger partial charge in [-0.2, -0.15) is 5.10 Å². The average molecular weight is 404 g/mol. The van der Waals surface area contributed by atoms with E-state index in [9.17, 15) is 4.79 Å². The number of hydrogen-bond acceptors (Lipinski definition) is 4. The van der Waals surface area contributed by atoms with Crippen molar-refractivity contribution in [1.82, 2.24) is 15.2 Å². The van der Waals surface area contributed by atoms with Crippen LogP contribution in [0, 0.1) is 5.92 Å². The molecule has 6 heteroatoms. The lowest BCUT2D eigenvalue weighted by Gasteiger charge is -2.23. The Morgan fingerprint density at radius 2 is 1.80 bits per heavy atom. The standard InChI is InChI=1S/C24H29N5O/c30-24(17-9-10-17)27-19-11-6-16(7-12-19)8-13-20-22-21(29-28-20)14-15-25-23(22)26-18-4-2-1-3-5-18/h6-7,11-12,14-15,17-18H,1-5,8-10,13H2,(H,25,26)(H,27,30)(H,28,29). The maximum Gasteiger partial charge on any atom is 0.227 e. The second kappa shape index (κ2) is 8.46. The van der Waals surface area contributed by atoms with Gasteiger partial charge >= 0.3 is 0 Å². The van der Waals surface area contributed by atoms with E-state index in [-0.39, 0.29) is 11.8 Å². The van der Waals surface area contributed by atoms with E-state index in [2.05, 4.69) is 37.9 Å². The second-order valence-electron chi connectivity index (χ2n) is 8.69. The van der Waals surface area contributed by atoms with Gasteiger partial charge in [0.2, 0.25) is 5.91 Å². The highest BCUT2D eigenvalue weighted by atomic mass is 16.2. The fraction of sp³-hybridized carbons (Fsp3) is 0.458. The van der Waals surface area contributed by atoms with Crippen LogP contribution in [-0.2, 0) is 17.6 Å². The van der Waals surface area contributed by atoms with Crippen molar-refractivity contribution >= 4 is 28.3 Å². The van der Waals surface area contributed by atoms with Gasteiger partial charge in [0.05, 0.1) is 16.6 Å². The summed E-state index contributed by atoms with van der Waals surface area (Å²) in [5.74, 6) is 1.33. The summed E-state index contributed by atoms with van der Waals surface area (Å²) in [6.07, 6.45) is 12.0. The summed E-state index contributed by atoms with van der Waals surface area (Å²) in [5, 5.41) is 15.6. The first-order valence-corrected chi connectivity index (χ1v) is 11.2. The number of aromatic amines is 1. The number of aromatic nitrogens is 3. The maximum absolute atomic E-state index is 11.9. The van der Waals surface area contributed by atoms with E-state index < -0.39 is 0 Å². The van der Waals surface area contributed by atoms with Gasteiger partial charge in [-0.1, -0.05) is 31.4 Å². The molecule has 2 saturated carbocycles. The van der Waals surface area contributed by atoms with Gasteiger partial charge in [-0.25, -0.2) is 4.98 Å². The monoisotopic (exact) mass is 403 g/mol. The number of pyridine rings is 1. The summed E-state index contributed by atoms with van der Waals surface area (Å²) in [7, 11) is 0. The summed E-state index contributed by atoms with van der Waals surface area (Å²) in [6, 6.07) is 10.7. The van der Waals surface area contributed by atoms with Crippen molar-refractivity contribution in [1.29, 1.82) is 0 Å². The fourth-order valence-corrected chi connectivity index (χ4v) is 4.37. The molecular formula is C24H29N5O. The molecule has 0 radical (unpaired) electrons. The van der Waals surface area contributed by atoms with E-state index in [1.807, 2.05) is 24.4 Å². The van der Waals surface area contributed by atoms with E-state index in [1.165, 1.54) is 37.7 Å². The minimum absolute atomic E-state index is 0.149. The predicted octanol–water partition coefficient (Wildman–Crippen LogP) is 4.84. The van der Waals surface area contributed by atoms with Gasteiger partial charge in [0, 0.05) is 23.8 Å². The molecule has 6 nitrogen and oxygen atoms in total. The van der Waals surface area contributed by atoms with Gasteiger partial charge in [0.25, 0.3) is 0 Å². The number of carbonyl (C=O) groups excluding carboxylic acids is 1.